The second-order valence-corrected chi connectivity index (χ2v) is 7.92. The van der Waals surface area contributed by atoms with Gasteiger partial charge in [-0.1, -0.05) is 12.1 Å². The van der Waals surface area contributed by atoms with Crippen molar-refractivity contribution in [2.24, 2.45) is 0 Å². The van der Waals surface area contributed by atoms with Gasteiger partial charge in [0.1, 0.15) is 0 Å². The monoisotopic (exact) mass is 368 g/mol. The number of benzene rings is 1. The van der Waals surface area contributed by atoms with Gasteiger partial charge in [0.2, 0.25) is 5.91 Å². The Morgan fingerprint density at radius 1 is 1.20 bits per heavy atom. The Morgan fingerprint density at radius 3 is 2.36 bits per heavy atom. The number of hydrogen-bond acceptors (Lipinski definition) is 5. The number of likely N-dealkylation sites (N-methyl/N-ethyl adjacent to an activating group) is 1. The van der Waals surface area contributed by atoms with Gasteiger partial charge in [0.25, 0.3) is 5.91 Å². The lowest BCUT2D eigenvalue weighted by molar-refractivity contribution is -0.137. The molecule has 25 heavy (non-hydrogen) atoms. The van der Waals surface area contributed by atoms with Crippen LogP contribution in [0, 0.1) is 0 Å². The molecule has 1 N–H and O–H groups in total. The van der Waals surface area contributed by atoms with Crippen LogP contribution >= 0.6 is 0 Å². The summed E-state index contributed by atoms with van der Waals surface area (Å²) in [5, 5.41) is 2.74. The first-order valence-corrected chi connectivity index (χ1v) is 9.21. The van der Waals surface area contributed by atoms with Gasteiger partial charge in [-0.2, -0.15) is 0 Å². The van der Waals surface area contributed by atoms with Crippen molar-refractivity contribution in [3.63, 3.8) is 0 Å². The average molecular weight is 368 g/mol. The number of rotatable bonds is 6. The van der Waals surface area contributed by atoms with E-state index in [1.807, 2.05) is 20.8 Å². The van der Waals surface area contributed by atoms with E-state index < -0.39 is 34.8 Å². The fourth-order valence-corrected chi connectivity index (χ4v) is 2.69. The van der Waals surface area contributed by atoms with E-state index in [1.54, 1.807) is 18.2 Å². The SMILES string of the molecule is CN(CC(=O)NC(C)(C)C)C(=O)COC(=O)c1ccccc1[S@](C)=O. The molecule has 0 aliphatic carbocycles. The number of ether oxygens (including phenoxy) is 1. The maximum Gasteiger partial charge on any atom is 0.339 e. The number of esters is 1. The molecule has 0 spiro atoms. The molecule has 0 bridgehead atoms. The van der Waals surface area contributed by atoms with Crippen molar-refractivity contribution >= 4 is 28.6 Å². The minimum absolute atomic E-state index is 0.136. The molecular formula is C17H24N2O5S. The van der Waals surface area contributed by atoms with Gasteiger partial charge >= 0.3 is 5.97 Å². The Hall–Kier alpha value is -2.22. The first-order valence-electron chi connectivity index (χ1n) is 7.66. The first-order chi connectivity index (χ1) is 11.5. The topological polar surface area (TPSA) is 92.8 Å². The number of nitrogens with zero attached hydrogens (tertiary/aromatic N) is 1. The summed E-state index contributed by atoms with van der Waals surface area (Å²) in [6.07, 6.45) is 1.46. The van der Waals surface area contributed by atoms with Crippen LogP contribution in [0.25, 0.3) is 0 Å². The third-order valence-electron chi connectivity index (χ3n) is 3.06. The first kappa shape index (κ1) is 20.8. The Bertz CT molecular complexity index is 682. The highest BCUT2D eigenvalue weighted by Gasteiger charge is 2.20. The van der Waals surface area contributed by atoms with Crippen LogP contribution in [0.1, 0.15) is 31.1 Å². The number of hydrogen-bond donors (Lipinski definition) is 1. The molecule has 0 radical (unpaired) electrons. The molecule has 1 rings (SSSR count). The molecule has 0 heterocycles. The Balaban J connectivity index is 2.60. The quantitative estimate of drug-likeness (QED) is 0.755. The Morgan fingerprint density at radius 2 is 1.80 bits per heavy atom. The van der Waals surface area contributed by atoms with E-state index in [0.29, 0.717) is 4.90 Å². The number of carbonyl (C=O) groups excluding carboxylic acids is 3. The van der Waals surface area contributed by atoms with E-state index in [0.717, 1.165) is 0 Å². The number of amides is 2. The number of carbonyl (C=O) groups is 3. The molecule has 0 fully saturated rings. The molecule has 0 aromatic heterocycles. The minimum atomic E-state index is -1.35. The lowest BCUT2D eigenvalue weighted by atomic mass is 10.1. The zero-order valence-corrected chi connectivity index (χ0v) is 15.9. The van der Waals surface area contributed by atoms with Crippen molar-refractivity contribution in [1.29, 1.82) is 0 Å². The zero-order valence-electron chi connectivity index (χ0n) is 15.1. The molecule has 2 amide bonds. The molecule has 0 saturated heterocycles. The summed E-state index contributed by atoms with van der Waals surface area (Å²) >= 11 is 0. The fourth-order valence-electron chi connectivity index (χ4n) is 1.96. The zero-order chi connectivity index (χ0) is 19.2. The van der Waals surface area contributed by atoms with E-state index in [4.69, 9.17) is 4.74 Å². The standard InChI is InChI=1S/C17H24N2O5S/c1-17(2,3)18-14(20)10-19(4)15(21)11-24-16(22)12-8-6-7-9-13(12)25(5)23/h6-9H,10-11H2,1-5H3,(H,18,20)/t25-/m0/s1. The summed E-state index contributed by atoms with van der Waals surface area (Å²) in [5.41, 5.74) is -0.239. The van der Waals surface area contributed by atoms with Crippen LogP contribution in [0.5, 0.6) is 0 Å². The van der Waals surface area contributed by atoms with Crippen molar-refractivity contribution in [2.75, 3.05) is 26.5 Å². The lowest BCUT2D eigenvalue weighted by Gasteiger charge is -2.23. The third-order valence-corrected chi connectivity index (χ3v) is 4.04. The summed E-state index contributed by atoms with van der Waals surface area (Å²) in [6.45, 7) is 4.88. The van der Waals surface area contributed by atoms with E-state index in [1.165, 1.54) is 24.3 Å². The maximum absolute atomic E-state index is 12.1. The van der Waals surface area contributed by atoms with Gasteiger partial charge in [-0.3, -0.25) is 13.8 Å². The lowest BCUT2D eigenvalue weighted by Crippen LogP contribution is -2.46. The van der Waals surface area contributed by atoms with Crippen molar-refractivity contribution in [3.05, 3.63) is 29.8 Å². The van der Waals surface area contributed by atoms with E-state index >= 15 is 0 Å². The van der Waals surface area contributed by atoms with Gasteiger partial charge < -0.3 is 15.0 Å². The van der Waals surface area contributed by atoms with Crippen LogP contribution < -0.4 is 5.32 Å². The largest absolute Gasteiger partial charge is 0.452 e. The van der Waals surface area contributed by atoms with Gasteiger partial charge in [-0.15, -0.1) is 0 Å². The Labute approximate surface area is 150 Å². The highest BCUT2D eigenvalue weighted by Crippen LogP contribution is 2.13. The number of nitrogens with one attached hydrogen (secondary N) is 1. The maximum atomic E-state index is 12.1. The Kier molecular flexibility index (Phi) is 7.29. The average Bonchev–Trinajstić information content (AvgIpc) is 2.50. The molecule has 8 heteroatoms. The normalized spacial score (nSPS) is 12.2. The van der Waals surface area contributed by atoms with E-state index in [2.05, 4.69) is 5.32 Å². The van der Waals surface area contributed by atoms with Crippen LogP contribution in [0.4, 0.5) is 0 Å². The van der Waals surface area contributed by atoms with Gasteiger partial charge in [0.05, 0.1) is 27.8 Å². The van der Waals surface area contributed by atoms with E-state index in [9.17, 15) is 18.6 Å². The van der Waals surface area contributed by atoms with Gasteiger partial charge in [0.15, 0.2) is 6.61 Å². The summed E-state index contributed by atoms with van der Waals surface area (Å²) < 4.78 is 16.6. The van der Waals surface area contributed by atoms with E-state index in [-0.39, 0.29) is 18.0 Å². The third kappa shape index (κ3) is 7.04. The second-order valence-electron chi connectivity index (χ2n) is 6.57. The fraction of sp³-hybridized carbons (Fsp3) is 0.471. The van der Waals surface area contributed by atoms with Crippen LogP contribution in [0.2, 0.25) is 0 Å². The van der Waals surface area contributed by atoms with Crippen LogP contribution in [0.15, 0.2) is 29.2 Å². The molecular weight excluding hydrogens is 344 g/mol. The van der Waals surface area contributed by atoms with Crippen molar-refractivity contribution in [3.8, 4) is 0 Å². The highest BCUT2D eigenvalue weighted by atomic mass is 32.2. The highest BCUT2D eigenvalue weighted by molar-refractivity contribution is 7.84. The van der Waals surface area contributed by atoms with Crippen LogP contribution in [-0.2, 0) is 25.1 Å². The molecule has 1 atom stereocenters. The van der Waals surface area contributed by atoms with Gasteiger partial charge in [-0.25, -0.2) is 4.79 Å². The molecule has 1 aromatic carbocycles. The second kappa shape index (κ2) is 8.75. The summed E-state index contributed by atoms with van der Waals surface area (Å²) in [7, 11) is 0.101. The predicted molar refractivity (Wildman–Crippen MR) is 94.6 cm³/mol. The van der Waals surface area contributed by atoms with Gasteiger partial charge in [-0.05, 0) is 32.9 Å². The molecule has 1 aromatic rings. The molecule has 0 aliphatic rings. The molecule has 0 saturated carbocycles. The summed E-state index contributed by atoms with van der Waals surface area (Å²) in [5.74, 6) is -1.54. The van der Waals surface area contributed by atoms with Crippen molar-refractivity contribution in [1.82, 2.24) is 10.2 Å². The van der Waals surface area contributed by atoms with Crippen molar-refractivity contribution < 1.29 is 23.3 Å². The molecule has 7 nitrogen and oxygen atoms in total. The van der Waals surface area contributed by atoms with Gasteiger partial charge in [0, 0.05) is 18.8 Å². The van der Waals surface area contributed by atoms with Crippen LogP contribution in [0.3, 0.4) is 0 Å². The van der Waals surface area contributed by atoms with Crippen LogP contribution in [-0.4, -0.2) is 58.9 Å². The molecule has 0 unspecified atom stereocenters. The molecule has 138 valence electrons. The smallest absolute Gasteiger partial charge is 0.339 e. The molecule has 0 aliphatic heterocycles. The predicted octanol–water partition coefficient (Wildman–Crippen LogP) is 0.954. The minimum Gasteiger partial charge on any atom is -0.452 e. The summed E-state index contributed by atoms with van der Waals surface area (Å²) in [4.78, 5) is 37.4. The summed E-state index contributed by atoms with van der Waals surface area (Å²) in [6, 6.07) is 6.35. The van der Waals surface area contributed by atoms with Crippen molar-refractivity contribution in [2.45, 2.75) is 31.2 Å².